The van der Waals surface area contributed by atoms with Crippen molar-refractivity contribution in [2.45, 2.75) is 25.6 Å². The number of benzene rings is 1. The summed E-state index contributed by atoms with van der Waals surface area (Å²) in [4.78, 5) is 0. The number of nitrogens with one attached hydrogen (secondary N) is 2. The zero-order valence-electron chi connectivity index (χ0n) is 10.8. The van der Waals surface area contributed by atoms with Crippen molar-refractivity contribution in [2.24, 2.45) is 0 Å². The van der Waals surface area contributed by atoms with Crippen LogP contribution in [0.1, 0.15) is 12.8 Å². The van der Waals surface area contributed by atoms with E-state index in [-0.39, 0.29) is 11.9 Å². The number of hydrogen-bond donors (Lipinski definition) is 2. The van der Waals surface area contributed by atoms with E-state index >= 15 is 0 Å². The molecule has 2 rings (SSSR count). The van der Waals surface area contributed by atoms with Crippen LogP contribution >= 0.6 is 12.2 Å². The maximum atomic E-state index is 12.0. The van der Waals surface area contributed by atoms with Gasteiger partial charge in [-0.25, -0.2) is 0 Å². The van der Waals surface area contributed by atoms with Gasteiger partial charge < -0.3 is 20.1 Å². The molecule has 0 saturated carbocycles. The Kier molecular flexibility index (Phi) is 5.49. The molecule has 1 fully saturated rings. The lowest BCUT2D eigenvalue weighted by Gasteiger charge is -2.14. The summed E-state index contributed by atoms with van der Waals surface area (Å²) in [7, 11) is 0. The van der Waals surface area contributed by atoms with Crippen LogP contribution in [0.25, 0.3) is 0 Å². The van der Waals surface area contributed by atoms with Crippen molar-refractivity contribution >= 4 is 23.0 Å². The summed E-state index contributed by atoms with van der Waals surface area (Å²) < 4.78 is 33.7. The zero-order chi connectivity index (χ0) is 14.4. The average molecular weight is 302 g/mol. The predicted molar refractivity (Wildman–Crippen MR) is 76.3 cm³/mol. The second kappa shape index (κ2) is 7.35. The predicted octanol–water partition coefficient (Wildman–Crippen LogP) is 2.75. The highest BCUT2D eigenvalue weighted by Crippen LogP contribution is 2.17. The molecule has 7 heteroatoms. The smallest absolute Gasteiger partial charge is 0.387 e. The van der Waals surface area contributed by atoms with Crippen molar-refractivity contribution in [3.63, 3.8) is 0 Å². The fourth-order valence-corrected chi connectivity index (χ4v) is 2.11. The number of rotatable bonds is 5. The number of alkyl halides is 2. The fraction of sp³-hybridized carbons (Fsp3) is 0.462. The summed E-state index contributed by atoms with van der Waals surface area (Å²) in [6.07, 6.45) is 2.32. The highest BCUT2D eigenvalue weighted by atomic mass is 32.1. The van der Waals surface area contributed by atoms with Crippen LogP contribution in [-0.2, 0) is 4.74 Å². The summed E-state index contributed by atoms with van der Waals surface area (Å²) in [5.74, 6) is 0.115. The van der Waals surface area contributed by atoms with Gasteiger partial charge in [0, 0.05) is 18.8 Å². The van der Waals surface area contributed by atoms with Gasteiger partial charge in [-0.2, -0.15) is 8.78 Å². The Morgan fingerprint density at radius 3 is 2.75 bits per heavy atom. The first-order valence-electron chi connectivity index (χ1n) is 6.35. The number of anilines is 1. The molecule has 1 unspecified atom stereocenters. The van der Waals surface area contributed by atoms with E-state index in [0.29, 0.717) is 17.3 Å². The third-order valence-corrected chi connectivity index (χ3v) is 3.10. The molecule has 1 saturated heterocycles. The minimum absolute atomic E-state index is 0.115. The van der Waals surface area contributed by atoms with Crippen molar-refractivity contribution < 1.29 is 18.3 Å². The molecule has 0 amide bonds. The van der Waals surface area contributed by atoms with E-state index in [0.717, 1.165) is 19.4 Å². The van der Waals surface area contributed by atoms with E-state index in [2.05, 4.69) is 15.4 Å². The average Bonchev–Trinajstić information content (AvgIpc) is 2.91. The van der Waals surface area contributed by atoms with Crippen molar-refractivity contribution in [1.82, 2.24) is 5.32 Å². The normalized spacial score (nSPS) is 18.1. The van der Waals surface area contributed by atoms with Gasteiger partial charge in [0.15, 0.2) is 5.11 Å². The van der Waals surface area contributed by atoms with Crippen LogP contribution in [0.5, 0.6) is 5.75 Å². The lowest BCUT2D eigenvalue weighted by atomic mass is 10.2. The lowest BCUT2D eigenvalue weighted by molar-refractivity contribution is -0.0498. The third kappa shape index (κ3) is 4.90. The molecule has 2 N–H and O–H groups in total. The van der Waals surface area contributed by atoms with E-state index in [9.17, 15) is 8.78 Å². The zero-order valence-corrected chi connectivity index (χ0v) is 11.6. The molecule has 0 aliphatic carbocycles. The summed E-state index contributed by atoms with van der Waals surface area (Å²) in [6, 6.07) is 6.16. The fourth-order valence-electron chi connectivity index (χ4n) is 1.91. The van der Waals surface area contributed by atoms with Crippen LogP contribution in [0.3, 0.4) is 0 Å². The molecule has 4 nitrogen and oxygen atoms in total. The van der Waals surface area contributed by atoms with Crippen LogP contribution in [0.2, 0.25) is 0 Å². The molecule has 1 aliphatic heterocycles. The Bertz CT molecular complexity index is 437. The maximum Gasteiger partial charge on any atom is 0.387 e. The lowest BCUT2D eigenvalue weighted by Crippen LogP contribution is -2.34. The van der Waals surface area contributed by atoms with E-state index in [4.69, 9.17) is 17.0 Å². The molecule has 1 aromatic rings. The Hall–Kier alpha value is -1.47. The van der Waals surface area contributed by atoms with Crippen LogP contribution in [-0.4, -0.2) is 31.0 Å². The molecule has 1 aliphatic rings. The number of halogens is 2. The van der Waals surface area contributed by atoms with Gasteiger partial charge in [-0.05, 0) is 49.3 Å². The van der Waals surface area contributed by atoms with Crippen LogP contribution in [0, 0.1) is 0 Å². The Labute approximate surface area is 121 Å². The number of thiocarbonyl (C=S) groups is 1. The molecule has 0 spiro atoms. The van der Waals surface area contributed by atoms with Gasteiger partial charge in [0.2, 0.25) is 0 Å². The first kappa shape index (κ1) is 14.9. The molecule has 0 aromatic heterocycles. The second-order valence-electron chi connectivity index (χ2n) is 4.37. The first-order valence-corrected chi connectivity index (χ1v) is 6.75. The standard InChI is InChI=1S/C13H16F2N2O2S/c14-12(15)19-10-5-3-9(4-6-10)17-13(20)16-8-11-2-1-7-18-11/h3-6,11-12H,1-2,7-8H2,(H2,16,17,20). The molecule has 0 bridgehead atoms. The van der Waals surface area contributed by atoms with Crippen molar-refractivity contribution in [3.8, 4) is 5.75 Å². The first-order chi connectivity index (χ1) is 9.63. The van der Waals surface area contributed by atoms with Gasteiger partial charge in [-0.15, -0.1) is 0 Å². The van der Waals surface area contributed by atoms with Gasteiger partial charge in [0.05, 0.1) is 6.10 Å². The molecular formula is C13H16F2N2O2S. The van der Waals surface area contributed by atoms with E-state index in [1.807, 2.05) is 0 Å². The quantitative estimate of drug-likeness (QED) is 0.819. The Balaban J connectivity index is 1.75. The van der Waals surface area contributed by atoms with Gasteiger partial charge in [0.1, 0.15) is 5.75 Å². The van der Waals surface area contributed by atoms with Crippen molar-refractivity contribution in [3.05, 3.63) is 24.3 Å². The van der Waals surface area contributed by atoms with E-state index in [1.165, 1.54) is 12.1 Å². The van der Waals surface area contributed by atoms with Crippen molar-refractivity contribution in [1.29, 1.82) is 0 Å². The molecule has 0 radical (unpaired) electrons. The van der Waals surface area contributed by atoms with E-state index < -0.39 is 6.61 Å². The highest BCUT2D eigenvalue weighted by molar-refractivity contribution is 7.80. The number of hydrogen-bond acceptors (Lipinski definition) is 3. The maximum absolute atomic E-state index is 12.0. The molecule has 1 heterocycles. The van der Waals surface area contributed by atoms with Crippen LogP contribution < -0.4 is 15.4 Å². The van der Waals surface area contributed by atoms with Gasteiger partial charge in [-0.3, -0.25) is 0 Å². The monoisotopic (exact) mass is 302 g/mol. The van der Waals surface area contributed by atoms with Crippen LogP contribution in [0.4, 0.5) is 14.5 Å². The summed E-state index contributed by atoms with van der Waals surface area (Å²) in [5.41, 5.74) is 0.705. The Morgan fingerprint density at radius 2 is 2.15 bits per heavy atom. The SMILES string of the molecule is FC(F)Oc1ccc(NC(=S)NCC2CCCO2)cc1. The molecule has 1 aromatic carbocycles. The third-order valence-electron chi connectivity index (χ3n) is 2.85. The summed E-state index contributed by atoms with van der Waals surface area (Å²) >= 11 is 5.14. The molecular weight excluding hydrogens is 286 g/mol. The summed E-state index contributed by atoms with van der Waals surface area (Å²) in [6.45, 7) is -1.35. The molecule has 110 valence electrons. The topological polar surface area (TPSA) is 42.5 Å². The molecule has 20 heavy (non-hydrogen) atoms. The van der Waals surface area contributed by atoms with Crippen LogP contribution in [0.15, 0.2) is 24.3 Å². The highest BCUT2D eigenvalue weighted by Gasteiger charge is 2.15. The van der Waals surface area contributed by atoms with Gasteiger partial charge in [-0.1, -0.05) is 0 Å². The minimum atomic E-state index is -2.82. The minimum Gasteiger partial charge on any atom is -0.435 e. The largest absolute Gasteiger partial charge is 0.435 e. The Morgan fingerprint density at radius 1 is 1.40 bits per heavy atom. The molecule has 1 atom stereocenters. The van der Waals surface area contributed by atoms with Gasteiger partial charge in [0.25, 0.3) is 0 Å². The van der Waals surface area contributed by atoms with Gasteiger partial charge >= 0.3 is 6.61 Å². The van der Waals surface area contributed by atoms with E-state index in [1.54, 1.807) is 12.1 Å². The van der Waals surface area contributed by atoms with Crippen molar-refractivity contribution in [2.75, 3.05) is 18.5 Å². The summed E-state index contributed by atoms with van der Waals surface area (Å²) in [5, 5.41) is 6.51. The number of ether oxygens (including phenoxy) is 2. The second-order valence-corrected chi connectivity index (χ2v) is 4.78.